The van der Waals surface area contributed by atoms with E-state index in [1.165, 1.54) is 0 Å². The van der Waals surface area contributed by atoms with Gasteiger partial charge in [0.2, 0.25) is 0 Å². The fraction of sp³-hybridized carbons (Fsp3) is 0.375. The largest absolute Gasteiger partial charge is 0.356 e. The molecule has 5 heterocycles. The first kappa shape index (κ1) is 14.2. The molecule has 2 atom stereocenters. The third kappa shape index (κ3) is 2.32. The Balaban J connectivity index is 1.31. The molecule has 24 heavy (non-hydrogen) atoms. The number of rotatable bonds is 2. The zero-order valence-corrected chi connectivity index (χ0v) is 14.5. The fourth-order valence-corrected chi connectivity index (χ4v) is 4.04. The topological polar surface area (TPSA) is 62.5 Å². The Labute approximate surface area is 147 Å². The predicted octanol–water partition coefficient (Wildman–Crippen LogP) is 1.85. The lowest BCUT2D eigenvalue weighted by molar-refractivity contribution is 0.533. The smallest absolute Gasteiger partial charge is 0.177 e. The average molecular weight is 386 g/mol. The van der Waals surface area contributed by atoms with Crippen LogP contribution in [0.5, 0.6) is 0 Å². The van der Waals surface area contributed by atoms with Gasteiger partial charge in [-0.2, -0.15) is 4.52 Å². The Bertz CT molecular complexity index is 864. The molecule has 8 heteroatoms. The first-order valence-corrected chi connectivity index (χ1v) is 8.84. The molecule has 5 rings (SSSR count). The van der Waals surface area contributed by atoms with E-state index in [0.717, 1.165) is 47.9 Å². The van der Waals surface area contributed by atoms with E-state index in [0.29, 0.717) is 11.8 Å². The van der Waals surface area contributed by atoms with Crippen molar-refractivity contribution < 1.29 is 0 Å². The van der Waals surface area contributed by atoms with E-state index in [1.54, 1.807) is 10.8 Å². The molecule has 3 aromatic heterocycles. The molecule has 0 saturated carbocycles. The molecule has 122 valence electrons. The second-order valence-electron chi connectivity index (χ2n) is 6.49. The number of pyridine rings is 1. The molecule has 0 radical (unpaired) electrons. The number of hydrogen-bond donors (Lipinski definition) is 0. The van der Waals surface area contributed by atoms with Crippen molar-refractivity contribution in [3.8, 4) is 0 Å². The Morgan fingerprint density at radius 1 is 0.917 bits per heavy atom. The summed E-state index contributed by atoms with van der Waals surface area (Å²) in [6.45, 7) is 4.20. The average Bonchev–Trinajstić information content (AvgIpc) is 3.28. The van der Waals surface area contributed by atoms with E-state index in [2.05, 4.69) is 58.1 Å². The Hall–Kier alpha value is -2.22. The molecule has 2 unspecified atom stereocenters. The van der Waals surface area contributed by atoms with Gasteiger partial charge in [0, 0.05) is 48.7 Å². The fourth-order valence-electron chi connectivity index (χ4n) is 3.81. The number of hydrogen-bond acceptors (Lipinski definition) is 6. The van der Waals surface area contributed by atoms with Crippen molar-refractivity contribution in [2.24, 2.45) is 11.8 Å². The maximum atomic E-state index is 4.62. The quantitative estimate of drug-likeness (QED) is 0.670. The predicted molar refractivity (Wildman–Crippen MR) is 94.1 cm³/mol. The number of nitrogens with zero attached hydrogens (tertiary/aromatic N) is 7. The molecule has 3 aromatic rings. The number of aromatic nitrogens is 5. The van der Waals surface area contributed by atoms with Gasteiger partial charge in [-0.3, -0.25) is 0 Å². The summed E-state index contributed by atoms with van der Waals surface area (Å²) >= 11 is 3.45. The van der Waals surface area contributed by atoms with Gasteiger partial charge in [-0.1, -0.05) is 0 Å². The van der Waals surface area contributed by atoms with E-state index < -0.39 is 0 Å². The highest BCUT2D eigenvalue weighted by Gasteiger charge is 2.40. The monoisotopic (exact) mass is 385 g/mol. The second kappa shape index (κ2) is 5.41. The molecule has 7 nitrogen and oxygen atoms in total. The van der Waals surface area contributed by atoms with Crippen LogP contribution in [-0.4, -0.2) is 51.0 Å². The lowest BCUT2D eigenvalue weighted by Gasteiger charge is -2.23. The molecule has 2 saturated heterocycles. The van der Waals surface area contributed by atoms with Gasteiger partial charge >= 0.3 is 0 Å². The van der Waals surface area contributed by atoms with Crippen molar-refractivity contribution in [2.75, 3.05) is 36.0 Å². The normalized spacial score (nSPS) is 23.2. The Morgan fingerprint density at radius 2 is 1.62 bits per heavy atom. The van der Waals surface area contributed by atoms with Gasteiger partial charge in [-0.05, 0) is 40.2 Å². The lowest BCUT2D eigenvalue weighted by Crippen LogP contribution is -2.29. The summed E-state index contributed by atoms with van der Waals surface area (Å²) < 4.78 is 2.76. The van der Waals surface area contributed by atoms with Gasteiger partial charge < -0.3 is 9.80 Å². The molecule has 0 aromatic carbocycles. The van der Waals surface area contributed by atoms with Crippen LogP contribution >= 0.6 is 15.9 Å². The molecule has 0 N–H and O–H groups in total. The standard InChI is InChI=1S/C16H16BrN7/c17-13-1-2-14(18-5-13)22-6-11-8-23(9-12(11)7-22)16-4-3-15-20-19-10-24(15)21-16/h1-5,10-12H,6-9H2. The third-order valence-electron chi connectivity index (χ3n) is 4.99. The summed E-state index contributed by atoms with van der Waals surface area (Å²) in [6.07, 6.45) is 3.52. The molecule has 0 spiro atoms. The van der Waals surface area contributed by atoms with Crippen molar-refractivity contribution in [2.45, 2.75) is 0 Å². The van der Waals surface area contributed by atoms with E-state index in [4.69, 9.17) is 0 Å². The number of fused-ring (bicyclic) bond motifs is 2. The summed E-state index contributed by atoms with van der Waals surface area (Å²) in [5.74, 6) is 3.40. The molecule has 2 aliphatic rings. The van der Waals surface area contributed by atoms with Gasteiger partial charge in [-0.15, -0.1) is 15.3 Å². The molecule has 2 fully saturated rings. The van der Waals surface area contributed by atoms with Crippen LogP contribution in [0.25, 0.3) is 5.65 Å². The van der Waals surface area contributed by atoms with Crippen LogP contribution in [0.3, 0.4) is 0 Å². The lowest BCUT2D eigenvalue weighted by atomic mass is 10.0. The summed E-state index contributed by atoms with van der Waals surface area (Å²) in [7, 11) is 0. The zero-order valence-electron chi connectivity index (χ0n) is 13.0. The van der Waals surface area contributed by atoms with Crippen LogP contribution in [0.2, 0.25) is 0 Å². The molecule has 0 aliphatic carbocycles. The summed E-state index contributed by atoms with van der Waals surface area (Å²) in [5.41, 5.74) is 0.783. The van der Waals surface area contributed by atoms with Crippen LogP contribution in [0.4, 0.5) is 11.6 Å². The van der Waals surface area contributed by atoms with Gasteiger partial charge in [0.05, 0.1) is 0 Å². The summed E-state index contributed by atoms with van der Waals surface area (Å²) in [5, 5.41) is 12.5. The minimum atomic E-state index is 0.661. The maximum Gasteiger partial charge on any atom is 0.177 e. The van der Waals surface area contributed by atoms with Crippen LogP contribution in [0, 0.1) is 11.8 Å². The Kier molecular flexibility index (Phi) is 3.19. The van der Waals surface area contributed by atoms with Crippen LogP contribution < -0.4 is 9.80 Å². The van der Waals surface area contributed by atoms with E-state index in [-0.39, 0.29) is 0 Å². The minimum absolute atomic E-state index is 0.661. The highest BCUT2D eigenvalue weighted by molar-refractivity contribution is 9.10. The first-order chi connectivity index (χ1) is 11.8. The van der Waals surface area contributed by atoms with Crippen LogP contribution in [-0.2, 0) is 0 Å². The van der Waals surface area contributed by atoms with Crippen LogP contribution in [0.1, 0.15) is 0 Å². The summed E-state index contributed by atoms with van der Waals surface area (Å²) in [6, 6.07) is 8.16. The van der Waals surface area contributed by atoms with Gasteiger partial charge in [0.15, 0.2) is 5.65 Å². The molecular formula is C16H16BrN7. The summed E-state index contributed by atoms with van der Waals surface area (Å²) in [4.78, 5) is 9.30. The molecule has 0 bridgehead atoms. The zero-order chi connectivity index (χ0) is 16.1. The number of anilines is 2. The minimum Gasteiger partial charge on any atom is -0.356 e. The van der Waals surface area contributed by atoms with Crippen molar-refractivity contribution in [3.63, 3.8) is 0 Å². The highest BCUT2D eigenvalue weighted by atomic mass is 79.9. The first-order valence-electron chi connectivity index (χ1n) is 8.05. The van der Waals surface area contributed by atoms with Crippen molar-refractivity contribution in [3.05, 3.63) is 41.3 Å². The van der Waals surface area contributed by atoms with Gasteiger partial charge in [0.25, 0.3) is 0 Å². The second-order valence-corrected chi connectivity index (χ2v) is 7.41. The van der Waals surface area contributed by atoms with Crippen molar-refractivity contribution in [1.29, 1.82) is 0 Å². The van der Waals surface area contributed by atoms with E-state index in [9.17, 15) is 0 Å². The number of halogens is 1. The highest BCUT2D eigenvalue weighted by Crippen LogP contribution is 2.35. The van der Waals surface area contributed by atoms with E-state index in [1.807, 2.05) is 18.3 Å². The van der Waals surface area contributed by atoms with Crippen molar-refractivity contribution >= 4 is 33.2 Å². The van der Waals surface area contributed by atoms with E-state index >= 15 is 0 Å². The SMILES string of the molecule is Brc1ccc(N2CC3CN(c4ccc5nncn5n4)CC3C2)nc1. The van der Waals surface area contributed by atoms with Gasteiger partial charge in [0.1, 0.15) is 18.0 Å². The van der Waals surface area contributed by atoms with Gasteiger partial charge in [-0.25, -0.2) is 4.98 Å². The Morgan fingerprint density at radius 3 is 2.33 bits per heavy atom. The maximum absolute atomic E-state index is 4.62. The van der Waals surface area contributed by atoms with Crippen LogP contribution in [0.15, 0.2) is 41.3 Å². The molecule has 0 amide bonds. The molecule has 2 aliphatic heterocycles. The van der Waals surface area contributed by atoms with Crippen molar-refractivity contribution in [1.82, 2.24) is 24.8 Å². The molecular weight excluding hydrogens is 370 g/mol. The third-order valence-corrected chi connectivity index (χ3v) is 5.46.